The van der Waals surface area contributed by atoms with Crippen molar-refractivity contribution in [3.05, 3.63) is 78.4 Å². The van der Waals surface area contributed by atoms with Crippen LogP contribution in [0.1, 0.15) is 5.56 Å². The summed E-state index contributed by atoms with van der Waals surface area (Å²) in [6.45, 7) is 4.27. The molecule has 1 aliphatic heterocycles. The van der Waals surface area contributed by atoms with Gasteiger partial charge in [-0.15, -0.1) is 0 Å². The Bertz CT molecular complexity index is 926. The van der Waals surface area contributed by atoms with Gasteiger partial charge in [0.05, 0.1) is 31.6 Å². The minimum atomic E-state index is 0.149. The molecule has 0 aliphatic carbocycles. The first-order valence-corrected chi connectivity index (χ1v) is 9.92. The first-order valence-electron chi connectivity index (χ1n) is 9.92. The third-order valence-electron chi connectivity index (χ3n) is 5.12. The smallest absolute Gasteiger partial charge is 0.119 e. The molecule has 0 amide bonds. The number of fused-ring (bicyclic) bond motifs is 1. The lowest BCUT2D eigenvalue weighted by Gasteiger charge is -2.27. The summed E-state index contributed by atoms with van der Waals surface area (Å²) < 4.78 is 11.2. The first kappa shape index (κ1) is 19.0. The predicted molar refractivity (Wildman–Crippen MR) is 119 cm³/mol. The van der Waals surface area contributed by atoms with E-state index in [-0.39, 0.29) is 6.17 Å². The van der Waals surface area contributed by atoms with Crippen LogP contribution in [-0.4, -0.2) is 33.0 Å². The molecule has 0 radical (unpaired) electrons. The van der Waals surface area contributed by atoms with Crippen LogP contribution in [0.5, 0.6) is 11.5 Å². The Morgan fingerprint density at radius 3 is 2.41 bits per heavy atom. The Morgan fingerprint density at radius 1 is 0.931 bits per heavy atom. The minimum absolute atomic E-state index is 0.149. The van der Waals surface area contributed by atoms with E-state index in [2.05, 4.69) is 58.9 Å². The van der Waals surface area contributed by atoms with Gasteiger partial charge < -0.3 is 25.0 Å². The van der Waals surface area contributed by atoms with Crippen LogP contribution in [0.25, 0.3) is 0 Å². The second kappa shape index (κ2) is 8.78. The van der Waals surface area contributed by atoms with Gasteiger partial charge in [-0.2, -0.15) is 0 Å². The number of anilines is 3. The summed E-state index contributed by atoms with van der Waals surface area (Å²) in [4.78, 5) is 2.36. The van der Waals surface area contributed by atoms with Gasteiger partial charge in [0.25, 0.3) is 0 Å². The van der Waals surface area contributed by atoms with Crippen molar-refractivity contribution in [2.75, 3.05) is 42.3 Å². The van der Waals surface area contributed by atoms with Crippen molar-refractivity contribution in [3.63, 3.8) is 0 Å². The maximum Gasteiger partial charge on any atom is 0.119 e. The quantitative estimate of drug-likeness (QED) is 0.582. The molecule has 3 aromatic carbocycles. The highest BCUT2D eigenvalue weighted by molar-refractivity contribution is 5.76. The number of methoxy groups -OCH3 is 1. The fourth-order valence-electron chi connectivity index (χ4n) is 3.53. The number of aryl methyl sites for hydroxylation is 1. The van der Waals surface area contributed by atoms with E-state index in [0.717, 1.165) is 36.0 Å². The van der Waals surface area contributed by atoms with Crippen LogP contribution < -0.4 is 25.0 Å². The molecule has 29 heavy (non-hydrogen) atoms. The van der Waals surface area contributed by atoms with Gasteiger partial charge in [-0.1, -0.05) is 29.8 Å². The third kappa shape index (κ3) is 4.57. The molecule has 0 saturated carbocycles. The molecule has 3 aromatic rings. The second-order valence-corrected chi connectivity index (χ2v) is 7.14. The zero-order valence-electron chi connectivity index (χ0n) is 16.9. The normalized spacial score (nSPS) is 14.8. The maximum absolute atomic E-state index is 5.97. The number of nitrogens with one attached hydrogen (secondary N) is 2. The lowest BCUT2D eigenvalue weighted by Crippen LogP contribution is -2.43. The van der Waals surface area contributed by atoms with Crippen LogP contribution in [0.2, 0.25) is 0 Å². The molecule has 0 spiro atoms. The topological polar surface area (TPSA) is 45.8 Å². The molecule has 0 saturated heterocycles. The summed E-state index contributed by atoms with van der Waals surface area (Å²) in [5.74, 6) is 1.76. The average Bonchev–Trinajstić information content (AvgIpc) is 3.11. The van der Waals surface area contributed by atoms with E-state index >= 15 is 0 Å². The molecular weight excluding hydrogens is 362 g/mol. The van der Waals surface area contributed by atoms with E-state index in [0.29, 0.717) is 6.61 Å². The van der Waals surface area contributed by atoms with Gasteiger partial charge in [0.1, 0.15) is 24.3 Å². The van der Waals surface area contributed by atoms with E-state index in [1.54, 1.807) is 7.11 Å². The molecule has 2 N–H and O–H groups in total. The molecule has 1 aliphatic rings. The number of rotatable bonds is 8. The van der Waals surface area contributed by atoms with Crippen LogP contribution in [0.4, 0.5) is 17.1 Å². The Balaban J connectivity index is 1.39. The Labute approximate surface area is 172 Å². The molecule has 4 rings (SSSR count). The highest BCUT2D eigenvalue weighted by Crippen LogP contribution is 2.34. The SMILES string of the molecule is COc1ccc(NCC2Nc3ccccc3N2CCOc2ccc(C)cc2)cc1. The van der Waals surface area contributed by atoms with Crippen molar-refractivity contribution in [1.29, 1.82) is 0 Å². The highest BCUT2D eigenvalue weighted by atomic mass is 16.5. The average molecular weight is 389 g/mol. The van der Waals surface area contributed by atoms with Crippen LogP contribution >= 0.6 is 0 Å². The minimum Gasteiger partial charge on any atom is -0.497 e. The molecule has 0 aromatic heterocycles. The summed E-state index contributed by atoms with van der Waals surface area (Å²) in [6.07, 6.45) is 0.149. The van der Waals surface area contributed by atoms with Crippen LogP contribution in [0, 0.1) is 6.92 Å². The number of para-hydroxylation sites is 2. The van der Waals surface area contributed by atoms with E-state index in [9.17, 15) is 0 Å². The molecule has 0 fully saturated rings. The monoisotopic (exact) mass is 389 g/mol. The number of hydrogen-bond donors (Lipinski definition) is 2. The van der Waals surface area contributed by atoms with E-state index in [4.69, 9.17) is 9.47 Å². The van der Waals surface area contributed by atoms with Gasteiger partial charge in [0.15, 0.2) is 0 Å². The molecule has 150 valence electrons. The van der Waals surface area contributed by atoms with Crippen LogP contribution in [0.3, 0.4) is 0 Å². The van der Waals surface area contributed by atoms with E-state index in [1.165, 1.54) is 11.3 Å². The molecule has 1 unspecified atom stereocenters. The van der Waals surface area contributed by atoms with E-state index in [1.807, 2.05) is 36.4 Å². The first-order chi connectivity index (χ1) is 14.2. The van der Waals surface area contributed by atoms with Crippen LogP contribution in [-0.2, 0) is 0 Å². The highest BCUT2D eigenvalue weighted by Gasteiger charge is 2.27. The molecule has 5 heteroatoms. The van der Waals surface area contributed by atoms with Crippen LogP contribution in [0.15, 0.2) is 72.8 Å². The number of hydrogen-bond acceptors (Lipinski definition) is 5. The second-order valence-electron chi connectivity index (χ2n) is 7.14. The fraction of sp³-hybridized carbons (Fsp3) is 0.250. The summed E-state index contributed by atoms with van der Waals surface area (Å²) >= 11 is 0. The van der Waals surface area contributed by atoms with Crippen molar-refractivity contribution in [2.45, 2.75) is 13.1 Å². The van der Waals surface area contributed by atoms with Gasteiger partial charge in [-0.25, -0.2) is 0 Å². The van der Waals surface area contributed by atoms with Gasteiger partial charge in [0, 0.05) is 5.69 Å². The third-order valence-corrected chi connectivity index (χ3v) is 5.12. The Hall–Kier alpha value is -3.34. The van der Waals surface area contributed by atoms with Gasteiger partial charge in [-0.05, 0) is 55.5 Å². The Morgan fingerprint density at radius 2 is 1.66 bits per heavy atom. The van der Waals surface area contributed by atoms with Crippen molar-refractivity contribution in [1.82, 2.24) is 0 Å². The molecule has 1 atom stereocenters. The van der Waals surface area contributed by atoms with Gasteiger partial charge in [-0.3, -0.25) is 0 Å². The van der Waals surface area contributed by atoms with Crippen molar-refractivity contribution < 1.29 is 9.47 Å². The molecule has 5 nitrogen and oxygen atoms in total. The summed E-state index contributed by atoms with van der Waals surface area (Å²) in [5.41, 5.74) is 4.67. The van der Waals surface area contributed by atoms with Crippen molar-refractivity contribution in [2.24, 2.45) is 0 Å². The fourth-order valence-corrected chi connectivity index (χ4v) is 3.53. The van der Waals surface area contributed by atoms with Gasteiger partial charge in [0.2, 0.25) is 0 Å². The number of benzene rings is 3. The lowest BCUT2D eigenvalue weighted by atomic mass is 10.2. The molecule has 1 heterocycles. The maximum atomic E-state index is 5.97. The summed E-state index contributed by atoms with van der Waals surface area (Å²) in [6, 6.07) is 24.6. The zero-order valence-corrected chi connectivity index (χ0v) is 16.9. The standard InChI is InChI=1S/C24H27N3O2/c1-18-7-11-21(12-8-18)29-16-15-27-23-6-4-3-5-22(23)26-24(27)17-25-19-9-13-20(28-2)14-10-19/h3-14,24-26H,15-17H2,1-2H3. The number of nitrogens with zero attached hydrogens (tertiary/aromatic N) is 1. The van der Waals surface area contributed by atoms with Crippen molar-refractivity contribution >= 4 is 17.1 Å². The summed E-state index contributed by atoms with van der Waals surface area (Å²) in [7, 11) is 1.68. The van der Waals surface area contributed by atoms with E-state index < -0.39 is 0 Å². The van der Waals surface area contributed by atoms with Crippen molar-refractivity contribution in [3.8, 4) is 11.5 Å². The lowest BCUT2D eigenvalue weighted by molar-refractivity contribution is 0.321. The molecule has 0 bridgehead atoms. The zero-order chi connectivity index (χ0) is 20.1. The molecular formula is C24H27N3O2. The Kier molecular flexibility index (Phi) is 5.75. The largest absolute Gasteiger partial charge is 0.497 e. The number of ether oxygens (including phenoxy) is 2. The van der Waals surface area contributed by atoms with Gasteiger partial charge >= 0.3 is 0 Å². The predicted octanol–water partition coefficient (Wildman–Crippen LogP) is 4.75. The summed E-state index contributed by atoms with van der Waals surface area (Å²) in [5, 5.41) is 7.13.